The van der Waals surface area contributed by atoms with Gasteiger partial charge in [-0.3, -0.25) is 4.90 Å². The Morgan fingerprint density at radius 2 is 2.00 bits per heavy atom. The Balaban J connectivity index is 2.00. The van der Waals surface area contributed by atoms with Gasteiger partial charge < -0.3 is 16.2 Å². The molecule has 1 aromatic heterocycles. The fourth-order valence-electron chi connectivity index (χ4n) is 1.52. The summed E-state index contributed by atoms with van der Waals surface area (Å²) >= 11 is 0. The van der Waals surface area contributed by atoms with Gasteiger partial charge in [-0.25, -0.2) is 9.97 Å². The van der Waals surface area contributed by atoms with E-state index >= 15 is 0 Å². The highest BCUT2D eigenvalue weighted by Crippen LogP contribution is 2.09. The van der Waals surface area contributed by atoms with Crippen LogP contribution < -0.4 is 11.5 Å². The van der Waals surface area contributed by atoms with Crippen molar-refractivity contribution >= 4 is 11.6 Å². The number of anilines is 2. The monoisotopic (exact) mass is 209 g/mol. The fraction of sp³-hybridized carbons (Fsp3) is 0.556. The molecule has 0 bridgehead atoms. The average Bonchev–Trinajstić information content (AvgIpc) is 2.25. The van der Waals surface area contributed by atoms with E-state index in [1.54, 1.807) is 6.20 Å². The van der Waals surface area contributed by atoms with Crippen molar-refractivity contribution in [3.63, 3.8) is 0 Å². The quantitative estimate of drug-likeness (QED) is 0.680. The molecule has 15 heavy (non-hydrogen) atoms. The lowest BCUT2D eigenvalue weighted by Crippen LogP contribution is -2.36. The number of hydrogen-bond acceptors (Lipinski definition) is 6. The van der Waals surface area contributed by atoms with Crippen LogP contribution in [0.1, 0.15) is 5.69 Å². The van der Waals surface area contributed by atoms with Crippen LogP contribution in [0.2, 0.25) is 0 Å². The maximum absolute atomic E-state index is 5.58. The molecular weight excluding hydrogens is 194 g/mol. The highest BCUT2D eigenvalue weighted by Gasteiger charge is 2.12. The standard InChI is InChI=1S/C9H15N5O/c10-8-9(11)13-7(5-12-8)6-14-1-3-15-4-2-14/h5H,1-4,6H2,(H2,10,12)(H2,11,13). The molecule has 6 nitrogen and oxygen atoms in total. The van der Waals surface area contributed by atoms with Crippen molar-refractivity contribution in [1.82, 2.24) is 14.9 Å². The summed E-state index contributed by atoms with van der Waals surface area (Å²) in [5.41, 5.74) is 11.9. The number of ether oxygens (including phenoxy) is 1. The lowest BCUT2D eigenvalue weighted by molar-refractivity contribution is 0.0336. The zero-order valence-corrected chi connectivity index (χ0v) is 8.52. The molecule has 0 saturated carbocycles. The second kappa shape index (κ2) is 4.41. The van der Waals surface area contributed by atoms with Crippen molar-refractivity contribution in [3.05, 3.63) is 11.9 Å². The van der Waals surface area contributed by atoms with E-state index in [9.17, 15) is 0 Å². The van der Waals surface area contributed by atoms with E-state index in [1.807, 2.05) is 0 Å². The SMILES string of the molecule is Nc1ncc(CN2CCOCC2)nc1N. The minimum Gasteiger partial charge on any atom is -0.381 e. The third-order valence-corrected chi connectivity index (χ3v) is 2.37. The summed E-state index contributed by atoms with van der Waals surface area (Å²) < 4.78 is 5.26. The Labute approximate surface area is 88.2 Å². The number of aromatic nitrogens is 2. The van der Waals surface area contributed by atoms with E-state index in [1.165, 1.54) is 0 Å². The molecular formula is C9H15N5O. The molecule has 1 aliphatic heterocycles. The van der Waals surface area contributed by atoms with Gasteiger partial charge in [0, 0.05) is 19.6 Å². The minimum absolute atomic E-state index is 0.292. The van der Waals surface area contributed by atoms with Crippen LogP contribution in [0, 0.1) is 0 Å². The Morgan fingerprint density at radius 3 is 2.67 bits per heavy atom. The molecule has 1 aromatic rings. The average molecular weight is 209 g/mol. The molecule has 1 aliphatic rings. The summed E-state index contributed by atoms with van der Waals surface area (Å²) in [6, 6.07) is 0. The largest absolute Gasteiger partial charge is 0.381 e. The van der Waals surface area contributed by atoms with Gasteiger partial charge in [0.25, 0.3) is 0 Å². The summed E-state index contributed by atoms with van der Waals surface area (Å²) in [6.07, 6.45) is 1.67. The van der Waals surface area contributed by atoms with Gasteiger partial charge >= 0.3 is 0 Å². The predicted molar refractivity (Wildman–Crippen MR) is 57.0 cm³/mol. The molecule has 4 N–H and O–H groups in total. The zero-order chi connectivity index (χ0) is 10.7. The van der Waals surface area contributed by atoms with Crippen LogP contribution in [-0.2, 0) is 11.3 Å². The van der Waals surface area contributed by atoms with E-state index in [4.69, 9.17) is 16.2 Å². The van der Waals surface area contributed by atoms with Crippen LogP contribution in [0.25, 0.3) is 0 Å². The Kier molecular flexibility index (Phi) is 2.98. The Hall–Kier alpha value is -1.40. The van der Waals surface area contributed by atoms with Crippen molar-refractivity contribution in [1.29, 1.82) is 0 Å². The topological polar surface area (TPSA) is 90.3 Å². The molecule has 2 rings (SSSR count). The molecule has 0 amide bonds. The van der Waals surface area contributed by atoms with Gasteiger partial charge in [-0.05, 0) is 0 Å². The van der Waals surface area contributed by atoms with Crippen LogP contribution in [-0.4, -0.2) is 41.2 Å². The maximum atomic E-state index is 5.58. The summed E-state index contributed by atoms with van der Waals surface area (Å²) in [5.74, 6) is 0.599. The first-order valence-corrected chi connectivity index (χ1v) is 4.92. The molecule has 0 spiro atoms. The van der Waals surface area contributed by atoms with Gasteiger partial charge in [-0.1, -0.05) is 0 Å². The third kappa shape index (κ3) is 2.54. The van der Waals surface area contributed by atoms with Crippen molar-refractivity contribution in [2.45, 2.75) is 6.54 Å². The smallest absolute Gasteiger partial charge is 0.166 e. The molecule has 0 unspecified atom stereocenters. The van der Waals surface area contributed by atoms with Crippen LogP contribution in [0.4, 0.5) is 11.6 Å². The van der Waals surface area contributed by atoms with Crippen LogP contribution in [0.3, 0.4) is 0 Å². The molecule has 0 atom stereocenters. The van der Waals surface area contributed by atoms with Gasteiger partial charge in [0.15, 0.2) is 11.6 Å². The van der Waals surface area contributed by atoms with Crippen LogP contribution in [0.15, 0.2) is 6.20 Å². The highest BCUT2D eigenvalue weighted by molar-refractivity contribution is 5.51. The second-order valence-corrected chi connectivity index (χ2v) is 3.52. The van der Waals surface area contributed by atoms with Gasteiger partial charge in [0.05, 0.1) is 25.1 Å². The number of nitrogen functional groups attached to an aromatic ring is 2. The van der Waals surface area contributed by atoms with Crippen molar-refractivity contribution in [2.75, 3.05) is 37.8 Å². The van der Waals surface area contributed by atoms with Gasteiger partial charge in [-0.2, -0.15) is 0 Å². The zero-order valence-electron chi connectivity index (χ0n) is 8.52. The number of rotatable bonds is 2. The number of hydrogen-bond donors (Lipinski definition) is 2. The predicted octanol–water partition coefficient (Wildman–Crippen LogP) is -0.527. The van der Waals surface area contributed by atoms with Gasteiger partial charge in [0.1, 0.15) is 0 Å². The number of nitrogens with zero attached hydrogens (tertiary/aromatic N) is 3. The van der Waals surface area contributed by atoms with Crippen molar-refractivity contribution in [3.8, 4) is 0 Å². The summed E-state index contributed by atoms with van der Waals surface area (Å²) in [6.45, 7) is 4.15. The number of morpholine rings is 1. The normalized spacial score (nSPS) is 17.9. The van der Waals surface area contributed by atoms with E-state index in [0.717, 1.165) is 38.5 Å². The summed E-state index contributed by atoms with van der Waals surface area (Å²) in [5, 5.41) is 0. The lowest BCUT2D eigenvalue weighted by atomic mass is 10.3. The molecule has 2 heterocycles. The molecule has 82 valence electrons. The Bertz CT molecular complexity index is 337. The molecule has 1 saturated heterocycles. The molecule has 0 aromatic carbocycles. The first-order chi connectivity index (χ1) is 7.25. The molecule has 1 fully saturated rings. The highest BCUT2D eigenvalue weighted by atomic mass is 16.5. The summed E-state index contributed by atoms with van der Waals surface area (Å²) in [7, 11) is 0. The van der Waals surface area contributed by atoms with E-state index in [2.05, 4.69) is 14.9 Å². The van der Waals surface area contributed by atoms with E-state index in [-0.39, 0.29) is 0 Å². The lowest BCUT2D eigenvalue weighted by Gasteiger charge is -2.26. The van der Waals surface area contributed by atoms with E-state index < -0.39 is 0 Å². The van der Waals surface area contributed by atoms with Crippen molar-refractivity contribution < 1.29 is 4.74 Å². The first kappa shape index (κ1) is 10.1. The van der Waals surface area contributed by atoms with Crippen LogP contribution in [0.5, 0.6) is 0 Å². The third-order valence-electron chi connectivity index (χ3n) is 2.37. The minimum atomic E-state index is 0.292. The molecule has 6 heteroatoms. The van der Waals surface area contributed by atoms with Crippen LogP contribution >= 0.6 is 0 Å². The Morgan fingerprint density at radius 1 is 1.27 bits per heavy atom. The van der Waals surface area contributed by atoms with E-state index in [0.29, 0.717) is 11.6 Å². The molecule has 0 aliphatic carbocycles. The van der Waals surface area contributed by atoms with Crippen molar-refractivity contribution in [2.24, 2.45) is 0 Å². The second-order valence-electron chi connectivity index (χ2n) is 3.52. The maximum Gasteiger partial charge on any atom is 0.166 e. The first-order valence-electron chi connectivity index (χ1n) is 4.92. The fourth-order valence-corrected chi connectivity index (χ4v) is 1.52. The van der Waals surface area contributed by atoms with Gasteiger partial charge in [-0.15, -0.1) is 0 Å². The van der Waals surface area contributed by atoms with Gasteiger partial charge in [0.2, 0.25) is 0 Å². The number of nitrogens with two attached hydrogens (primary N) is 2. The summed E-state index contributed by atoms with van der Waals surface area (Å²) in [4.78, 5) is 10.4. The molecule has 0 radical (unpaired) electrons.